The standard InChI is InChI=1S/C18H16F2N4O2/c1-24-14-8-4-3-7-13(14)22-16(24)10-17(25)23-21-11-12-6-2-5-9-15(12)26-18(19)20/h2-9,11,18H,10H2,1H3,(H,23,25)/b21-11+. The summed E-state index contributed by atoms with van der Waals surface area (Å²) in [6, 6.07) is 13.7. The Morgan fingerprint density at radius 3 is 2.77 bits per heavy atom. The van der Waals surface area contributed by atoms with Crippen LogP contribution in [-0.2, 0) is 18.3 Å². The number of hydrogen-bond acceptors (Lipinski definition) is 4. The Kier molecular flexibility index (Phi) is 5.21. The van der Waals surface area contributed by atoms with E-state index in [1.54, 1.807) is 18.2 Å². The van der Waals surface area contributed by atoms with Crippen LogP contribution in [0.3, 0.4) is 0 Å². The second-order valence-electron chi connectivity index (χ2n) is 5.46. The highest BCUT2D eigenvalue weighted by molar-refractivity contribution is 5.86. The van der Waals surface area contributed by atoms with Gasteiger partial charge in [0.1, 0.15) is 11.6 Å². The van der Waals surface area contributed by atoms with E-state index in [1.807, 2.05) is 35.9 Å². The predicted molar refractivity (Wildman–Crippen MR) is 93.2 cm³/mol. The van der Waals surface area contributed by atoms with Crippen molar-refractivity contribution >= 4 is 23.2 Å². The highest BCUT2D eigenvalue weighted by Gasteiger charge is 2.11. The molecule has 0 saturated heterocycles. The molecule has 26 heavy (non-hydrogen) atoms. The molecule has 0 bridgehead atoms. The molecule has 3 rings (SSSR count). The molecule has 6 nitrogen and oxygen atoms in total. The average molecular weight is 358 g/mol. The van der Waals surface area contributed by atoms with Crippen molar-refractivity contribution in [3.8, 4) is 5.75 Å². The first-order chi connectivity index (χ1) is 12.5. The summed E-state index contributed by atoms with van der Waals surface area (Å²) >= 11 is 0. The second-order valence-corrected chi connectivity index (χ2v) is 5.46. The first-order valence-electron chi connectivity index (χ1n) is 7.80. The van der Waals surface area contributed by atoms with Crippen LogP contribution in [0.15, 0.2) is 53.6 Å². The number of hydrogen-bond donors (Lipinski definition) is 1. The zero-order valence-corrected chi connectivity index (χ0v) is 13.9. The van der Waals surface area contributed by atoms with E-state index in [0.717, 1.165) is 11.0 Å². The SMILES string of the molecule is Cn1c(CC(=O)N/N=C/c2ccccc2OC(F)F)nc2ccccc21. The molecule has 8 heteroatoms. The summed E-state index contributed by atoms with van der Waals surface area (Å²) in [4.78, 5) is 16.5. The molecule has 1 N–H and O–H groups in total. The maximum absolute atomic E-state index is 12.4. The summed E-state index contributed by atoms with van der Waals surface area (Å²) in [6.07, 6.45) is 1.29. The third-order valence-electron chi connectivity index (χ3n) is 3.73. The van der Waals surface area contributed by atoms with Gasteiger partial charge in [0.2, 0.25) is 5.91 Å². The first-order valence-corrected chi connectivity index (χ1v) is 7.80. The summed E-state index contributed by atoms with van der Waals surface area (Å²) < 4.78 is 31.0. The number of fused-ring (bicyclic) bond motifs is 1. The lowest BCUT2D eigenvalue weighted by Crippen LogP contribution is -2.21. The number of aromatic nitrogens is 2. The van der Waals surface area contributed by atoms with Gasteiger partial charge in [-0.25, -0.2) is 10.4 Å². The molecule has 0 aliphatic rings. The second kappa shape index (κ2) is 7.73. The molecular weight excluding hydrogens is 342 g/mol. The number of carbonyl (C=O) groups excluding carboxylic acids is 1. The van der Waals surface area contributed by atoms with Crippen molar-refractivity contribution in [3.05, 3.63) is 59.9 Å². The van der Waals surface area contributed by atoms with Crippen molar-refractivity contribution in [1.29, 1.82) is 0 Å². The van der Waals surface area contributed by atoms with Crippen molar-refractivity contribution in [2.75, 3.05) is 0 Å². The Balaban J connectivity index is 1.65. The molecule has 1 aromatic heterocycles. The molecule has 0 aliphatic heterocycles. The zero-order valence-electron chi connectivity index (χ0n) is 13.9. The quantitative estimate of drug-likeness (QED) is 0.544. The van der Waals surface area contributed by atoms with E-state index in [1.165, 1.54) is 12.3 Å². The van der Waals surface area contributed by atoms with Gasteiger partial charge in [0.05, 0.1) is 23.7 Å². The Morgan fingerprint density at radius 2 is 2.00 bits per heavy atom. The fraction of sp³-hybridized carbons (Fsp3) is 0.167. The molecule has 1 amide bonds. The first kappa shape index (κ1) is 17.5. The number of benzene rings is 2. The van der Waals surface area contributed by atoms with Crippen LogP contribution in [0.1, 0.15) is 11.4 Å². The summed E-state index contributed by atoms with van der Waals surface area (Å²) in [5.41, 5.74) is 4.43. The number of amides is 1. The van der Waals surface area contributed by atoms with Gasteiger partial charge in [-0.3, -0.25) is 4.79 Å². The van der Waals surface area contributed by atoms with Gasteiger partial charge >= 0.3 is 6.61 Å². The fourth-order valence-corrected chi connectivity index (χ4v) is 2.50. The number of carbonyl (C=O) groups is 1. The molecule has 0 unspecified atom stereocenters. The minimum Gasteiger partial charge on any atom is -0.434 e. The van der Waals surface area contributed by atoms with E-state index in [4.69, 9.17) is 0 Å². The highest BCUT2D eigenvalue weighted by atomic mass is 19.3. The smallest absolute Gasteiger partial charge is 0.387 e. The van der Waals surface area contributed by atoms with E-state index >= 15 is 0 Å². The maximum Gasteiger partial charge on any atom is 0.387 e. The number of ether oxygens (including phenoxy) is 1. The van der Waals surface area contributed by atoms with Gasteiger partial charge in [-0.15, -0.1) is 0 Å². The van der Waals surface area contributed by atoms with Crippen LogP contribution in [-0.4, -0.2) is 28.3 Å². The minimum atomic E-state index is -2.93. The van der Waals surface area contributed by atoms with E-state index in [9.17, 15) is 13.6 Å². The third kappa shape index (κ3) is 4.02. The van der Waals surface area contributed by atoms with Crippen molar-refractivity contribution in [2.24, 2.45) is 12.1 Å². The maximum atomic E-state index is 12.4. The number of hydrazone groups is 1. The highest BCUT2D eigenvalue weighted by Crippen LogP contribution is 2.18. The van der Waals surface area contributed by atoms with Gasteiger partial charge in [0, 0.05) is 12.6 Å². The van der Waals surface area contributed by atoms with E-state index in [2.05, 4.69) is 20.2 Å². The van der Waals surface area contributed by atoms with Crippen LogP contribution < -0.4 is 10.2 Å². The Hall–Kier alpha value is -3.29. The minimum absolute atomic E-state index is 0.0177. The number of aryl methyl sites for hydroxylation is 1. The van der Waals surface area contributed by atoms with E-state index in [0.29, 0.717) is 11.4 Å². The third-order valence-corrected chi connectivity index (χ3v) is 3.73. The molecule has 0 radical (unpaired) electrons. The normalized spacial score (nSPS) is 11.4. The molecule has 0 saturated carbocycles. The lowest BCUT2D eigenvalue weighted by molar-refractivity contribution is -0.120. The average Bonchev–Trinajstić information content (AvgIpc) is 2.92. The van der Waals surface area contributed by atoms with Gasteiger partial charge in [-0.1, -0.05) is 24.3 Å². The topological polar surface area (TPSA) is 68.5 Å². The van der Waals surface area contributed by atoms with Gasteiger partial charge in [-0.05, 0) is 24.3 Å². The largest absolute Gasteiger partial charge is 0.434 e. The van der Waals surface area contributed by atoms with Crippen LogP contribution in [0.5, 0.6) is 5.75 Å². The Morgan fingerprint density at radius 1 is 1.27 bits per heavy atom. The number of imidazole rings is 1. The van der Waals surface area contributed by atoms with Crippen molar-refractivity contribution in [3.63, 3.8) is 0 Å². The Bertz CT molecular complexity index is 953. The molecule has 0 aliphatic carbocycles. The summed E-state index contributed by atoms with van der Waals surface area (Å²) in [5, 5.41) is 3.80. The molecular formula is C18H16F2N4O2. The number of para-hydroxylation sites is 3. The lowest BCUT2D eigenvalue weighted by atomic mass is 10.2. The summed E-state index contributed by atoms with van der Waals surface area (Å²) in [6.45, 7) is -2.93. The van der Waals surface area contributed by atoms with Crippen molar-refractivity contribution in [2.45, 2.75) is 13.0 Å². The predicted octanol–water partition coefficient (Wildman–Crippen LogP) is 2.87. The molecule has 0 fully saturated rings. The van der Waals surface area contributed by atoms with Crippen LogP contribution in [0.2, 0.25) is 0 Å². The lowest BCUT2D eigenvalue weighted by Gasteiger charge is -2.07. The summed E-state index contributed by atoms with van der Waals surface area (Å²) in [7, 11) is 1.83. The molecule has 0 atom stereocenters. The van der Waals surface area contributed by atoms with Crippen LogP contribution in [0, 0.1) is 0 Å². The van der Waals surface area contributed by atoms with Crippen molar-refractivity contribution < 1.29 is 18.3 Å². The number of halogens is 2. The molecule has 0 spiro atoms. The van der Waals surface area contributed by atoms with Gasteiger partial charge in [0.25, 0.3) is 0 Å². The van der Waals surface area contributed by atoms with Crippen molar-refractivity contribution in [1.82, 2.24) is 15.0 Å². The number of alkyl halides is 2. The number of nitrogens with zero attached hydrogens (tertiary/aromatic N) is 3. The van der Waals surface area contributed by atoms with Crippen LogP contribution >= 0.6 is 0 Å². The molecule has 2 aromatic carbocycles. The number of rotatable bonds is 6. The molecule has 1 heterocycles. The molecule has 134 valence electrons. The van der Waals surface area contributed by atoms with Gasteiger partial charge in [0.15, 0.2) is 0 Å². The van der Waals surface area contributed by atoms with E-state index in [-0.39, 0.29) is 18.1 Å². The Labute approximate surface area is 148 Å². The number of nitrogens with one attached hydrogen (secondary N) is 1. The summed E-state index contributed by atoms with van der Waals surface area (Å²) in [5.74, 6) is 0.211. The van der Waals surface area contributed by atoms with Crippen LogP contribution in [0.4, 0.5) is 8.78 Å². The van der Waals surface area contributed by atoms with Gasteiger partial charge < -0.3 is 9.30 Å². The monoisotopic (exact) mass is 358 g/mol. The van der Waals surface area contributed by atoms with E-state index < -0.39 is 6.61 Å². The zero-order chi connectivity index (χ0) is 18.5. The molecule has 3 aromatic rings. The van der Waals surface area contributed by atoms with Gasteiger partial charge in [-0.2, -0.15) is 13.9 Å². The fourth-order valence-electron chi connectivity index (χ4n) is 2.50. The van der Waals surface area contributed by atoms with Crippen LogP contribution in [0.25, 0.3) is 11.0 Å².